The first-order chi connectivity index (χ1) is 10.7. The average Bonchev–Trinajstić information content (AvgIpc) is 2.50. The Kier molecular flexibility index (Phi) is 9.52. The van der Waals surface area contributed by atoms with Crippen LogP contribution < -0.4 is 14.2 Å². The zero-order valence-electron chi connectivity index (χ0n) is 14.5. The number of benzene rings is 1. The molecular weight excluding hydrogens is 276 g/mol. The fourth-order valence-electron chi connectivity index (χ4n) is 1.96. The van der Waals surface area contributed by atoms with Crippen molar-refractivity contribution in [2.75, 3.05) is 19.8 Å². The summed E-state index contributed by atoms with van der Waals surface area (Å²) in [6.45, 7) is 12.5. The van der Waals surface area contributed by atoms with E-state index in [1.54, 1.807) is 0 Å². The normalized spacial score (nSPS) is 10.5. The van der Waals surface area contributed by atoms with Crippen LogP contribution >= 0.6 is 0 Å². The molecule has 0 aliphatic rings. The highest BCUT2D eigenvalue weighted by Crippen LogP contribution is 2.39. The Morgan fingerprint density at radius 1 is 0.727 bits per heavy atom. The van der Waals surface area contributed by atoms with Crippen molar-refractivity contribution in [2.24, 2.45) is 0 Å². The third kappa shape index (κ3) is 6.59. The van der Waals surface area contributed by atoms with Crippen LogP contribution in [0.15, 0.2) is 12.1 Å². The number of unbranched alkanes of at least 4 members (excludes halogenated alkanes) is 3. The maximum absolute atomic E-state index is 5.95. The van der Waals surface area contributed by atoms with Crippen molar-refractivity contribution in [3.8, 4) is 17.2 Å². The molecule has 0 bridgehead atoms. The van der Waals surface area contributed by atoms with E-state index in [4.69, 9.17) is 14.2 Å². The van der Waals surface area contributed by atoms with Gasteiger partial charge in [-0.25, -0.2) is 0 Å². The van der Waals surface area contributed by atoms with E-state index in [0.717, 1.165) is 61.3 Å². The molecule has 0 heterocycles. The molecule has 1 radical (unpaired) electrons. The lowest BCUT2D eigenvalue weighted by molar-refractivity contribution is 0.237. The van der Waals surface area contributed by atoms with E-state index < -0.39 is 0 Å². The van der Waals surface area contributed by atoms with Gasteiger partial charge in [0.25, 0.3) is 0 Å². The maximum Gasteiger partial charge on any atom is 0.203 e. The van der Waals surface area contributed by atoms with Gasteiger partial charge in [-0.2, -0.15) is 0 Å². The lowest BCUT2D eigenvalue weighted by Crippen LogP contribution is -2.06. The molecule has 1 aromatic rings. The molecule has 0 amide bonds. The highest BCUT2D eigenvalue weighted by Gasteiger charge is 2.14. The maximum atomic E-state index is 5.95. The fourth-order valence-corrected chi connectivity index (χ4v) is 1.96. The first-order valence-corrected chi connectivity index (χ1v) is 8.61. The number of ether oxygens (including phenoxy) is 3. The Morgan fingerprint density at radius 3 is 1.55 bits per heavy atom. The summed E-state index contributed by atoms with van der Waals surface area (Å²) in [5.74, 6) is 2.24. The van der Waals surface area contributed by atoms with Gasteiger partial charge in [-0.1, -0.05) is 40.0 Å². The summed E-state index contributed by atoms with van der Waals surface area (Å²) in [7, 11) is 0. The first kappa shape index (κ1) is 18.7. The lowest BCUT2D eigenvalue weighted by Gasteiger charge is -2.18. The number of hydrogen-bond donors (Lipinski definition) is 0. The predicted octanol–water partition coefficient (Wildman–Crippen LogP) is 5.41. The van der Waals surface area contributed by atoms with Gasteiger partial charge < -0.3 is 14.2 Å². The average molecular weight is 307 g/mol. The Morgan fingerprint density at radius 2 is 1.14 bits per heavy atom. The van der Waals surface area contributed by atoms with E-state index in [1.165, 1.54) is 0 Å². The molecule has 0 unspecified atom stereocenters. The minimum Gasteiger partial charge on any atom is -0.490 e. The summed E-state index contributed by atoms with van der Waals surface area (Å²) in [6.07, 6.45) is 6.40. The molecule has 0 spiro atoms. The van der Waals surface area contributed by atoms with E-state index >= 15 is 0 Å². The van der Waals surface area contributed by atoms with Gasteiger partial charge in [0.2, 0.25) is 5.75 Å². The summed E-state index contributed by atoms with van der Waals surface area (Å²) in [6, 6.07) is 3.87. The van der Waals surface area contributed by atoms with Gasteiger partial charge in [0.05, 0.1) is 19.8 Å². The van der Waals surface area contributed by atoms with Gasteiger partial charge in [0.1, 0.15) is 0 Å². The standard InChI is InChI=1S/C19H31O3/c1-5-8-11-20-17-14-16(4)15-18(21-12-9-6-2)19(17)22-13-10-7-3/h14-15H,4-13H2,1-3H3. The smallest absolute Gasteiger partial charge is 0.203 e. The van der Waals surface area contributed by atoms with Crippen LogP contribution in [-0.4, -0.2) is 19.8 Å². The quantitative estimate of drug-likeness (QED) is 0.483. The van der Waals surface area contributed by atoms with Gasteiger partial charge in [-0.3, -0.25) is 0 Å². The largest absolute Gasteiger partial charge is 0.490 e. The van der Waals surface area contributed by atoms with Crippen molar-refractivity contribution in [1.29, 1.82) is 0 Å². The van der Waals surface area contributed by atoms with Crippen molar-refractivity contribution >= 4 is 0 Å². The zero-order chi connectivity index (χ0) is 16.2. The first-order valence-electron chi connectivity index (χ1n) is 8.61. The molecular formula is C19H31O3. The molecule has 0 aliphatic heterocycles. The summed E-state index contributed by atoms with van der Waals surface area (Å²) < 4.78 is 17.7. The van der Waals surface area contributed by atoms with E-state index in [-0.39, 0.29) is 0 Å². The molecule has 3 heteroatoms. The topological polar surface area (TPSA) is 27.7 Å². The molecule has 0 saturated carbocycles. The SMILES string of the molecule is [CH2]c1cc(OCCCC)c(OCCCC)c(OCCCC)c1. The molecule has 125 valence electrons. The molecule has 22 heavy (non-hydrogen) atoms. The summed E-state index contributed by atoms with van der Waals surface area (Å²) in [4.78, 5) is 0. The highest BCUT2D eigenvalue weighted by molar-refractivity contribution is 5.54. The van der Waals surface area contributed by atoms with Crippen molar-refractivity contribution in [1.82, 2.24) is 0 Å². The zero-order valence-corrected chi connectivity index (χ0v) is 14.5. The van der Waals surface area contributed by atoms with Crippen molar-refractivity contribution < 1.29 is 14.2 Å². The lowest BCUT2D eigenvalue weighted by atomic mass is 10.2. The Labute approximate surface area is 136 Å². The van der Waals surface area contributed by atoms with Crippen molar-refractivity contribution in [3.63, 3.8) is 0 Å². The van der Waals surface area contributed by atoms with Crippen LogP contribution in [0.3, 0.4) is 0 Å². The van der Waals surface area contributed by atoms with Crippen molar-refractivity contribution in [3.05, 3.63) is 24.6 Å². The second-order valence-corrected chi connectivity index (χ2v) is 5.53. The van der Waals surface area contributed by atoms with Gasteiger partial charge in [-0.05, 0) is 43.9 Å². The van der Waals surface area contributed by atoms with Crippen LogP contribution in [0.25, 0.3) is 0 Å². The highest BCUT2D eigenvalue weighted by atomic mass is 16.5. The summed E-state index contributed by atoms with van der Waals surface area (Å²) in [5.41, 5.74) is 0.890. The van der Waals surface area contributed by atoms with E-state index in [9.17, 15) is 0 Å². The van der Waals surface area contributed by atoms with Gasteiger partial charge in [0.15, 0.2) is 11.5 Å². The second kappa shape index (κ2) is 11.2. The monoisotopic (exact) mass is 307 g/mol. The minimum absolute atomic E-state index is 0.682. The third-order valence-electron chi connectivity index (χ3n) is 3.34. The fraction of sp³-hybridized carbons (Fsp3) is 0.632. The molecule has 0 aromatic heterocycles. The van der Waals surface area contributed by atoms with Crippen LogP contribution in [0.2, 0.25) is 0 Å². The van der Waals surface area contributed by atoms with Crippen LogP contribution in [0, 0.1) is 6.92 Å². The summed E-state index contributed by atoms with van der Waals surface area (Å²) in [5, 5.41) is 0. The van der Waals surface area contributed by atoms with Crippen molar-refractivity contribution in [2.45, 2.75) is 59.3 Å². The summed E-state index contributed by atoms with van der Waals surface area (Å²) >= 11 is 0. The predicted molar refractivity (Wildman–Crippen MR) is 92.1 cm³/mol. The second-order valence-electron chi connectivity index (χ2n) is 5.53. The molecule has 0 N–H and O–H groups in total. The van der Waals surface area contributed by atoms with E-state index in [0.29, 0.717) is 19.8 Å². The molecule has 3 nitrogen and oxygen atoms in total. The van der Waals surface area contributed by atoms with Crippen LogP contribution in [-0.2, 0) is 0 Å². The van der Waals surface area contributed by atoms with Gasteiger partial charge >= 0.3 is 0 Å². The Balaban J connectivity index is 2.88. The molecule has 1 rings (SSSR count). The van der Waals surface area contributed by atoms with Crippen LogP contribution in [0.5, 0.6) is 17.2 Å². The molecule has 0 fully saturated rings. The molecule has 1 aromatic carbocycles. The van der Waals surface area contributed by atoms with Gasteiger partial charge in [-0.15, -0.1) is 0 Å². The Hall–Kier alpha value is -1.38. The third-order valence-corrected chi connectivity index (χ3v) is 3.34. The van der Waals surface area contributed by atoms with Crippen LogP contribution in [0.4, 0.5) is 0 Å². The minimum atomic E-state index is 0.682. The molecule has 0 atom stereocenters. The van der Waals surface area contributed by atoms with E-state index in [2.05, 4.69) is 27.7 Å². The molecule has 0 saturated heterocycles. The van der Waals surface area contributed by atoms with Crippen LogP contribution in [0.1, 0.15) is 64.9 Å². The van der Waals surface area contributed by atoms with Gasteiger partial charge in [0, 0.05) is 0 Å². The Bertz CT molecular complexity index is 384. The van der Waals surface area contributed by atoms with E-state index in [1.807, 2.05) is 12.1 Å². The number of rotatable bonds is 12. The number of hydrogen-bond acceptors (Lipinski definition) is 3. The molecule has 0 aliphatic carbocycles.